The lowest BCUT2D eigenvalue weighted by Crippen LogP contribution is -2.31. The van der Waals surface area contributed by atoms with Crippen molar-refractivity contribution in [3.05, 3.63) is 53.6 Å². The van der Waals surface area contributed by atoms with Crippen molar-refractivity contribution in [3.63, 3.8) is 0 Å². The van der Waals surface area contributed by atoms with Gasteiger partial charge in [0.2, 0.25) is 5.91 Å². The molecule has 0 heterocycles. The second-order valence-electron chi connectivity index (χ2n) is 5.32. The standard InChI is InChI=1S/C18H21ClN2O2S/c1-21(11-12-24-17-9-3-14(19)4-10-17)13-18(22)20-15-5-7-16(23-2)8-6-15/h3-10H,11-13H2,1-2H3,(H,20,22). The van der Waals surface area contributed by atoms with Gasteiger partial charge in [0.1, 0.15) is 5.75 Å². The Kier molecular flexibility index (Phi) is 7.43. The van der Waals surface area contributed by atoms with E-state index >= 15 is 0 Å². The van der Waals surface area contributed by atoms with Gasteiger partial charge in [-0.1, -0.05) is 11.6 Å². The van der Waals surface area contributed by atoms with Crippen molar-refractivity contribution in [3.8, 4) is 5.75 Å². The van der Waals surface area contributed by atoms with Gasteiger partial charge in [-0.2, -0.15) is 0 Å². The molecule has 0 unspecified atom stereocenters. The van der Waals surface area contributed by atoms with Gasteiger partial charge in [-0.15, -0.1) is 11.8 Å². The summed E-state index contributed by atoms with van der Waals surface area (Å²) in [5, 5.41) is 3.62. The smallest absolute Gasteiger partial charge is 0.238 e. The normalized spacial score (nSPS) is 10.7. The molecule has 2 aromatic rings. The highest BCUT2D eigenvalue weighted by molar-refractivity contribution is 7.99. The highest BCUT2D eigenvalue weighted by atomic mass is 35.5. The number of halogens is 1. The second kappa shape index (κ2) is 9.57. The number of nitrogens with zero attached hydrogens (tertiary/aromatic N) is 1. The molecule has 0 aromatic heterocycles. The Bertz CT molecular complexity index is 647. The summed E-state index contributed by atoms with van der Waals surface area (Å²) in [5.74, 6) is 1.65. The summed E-state index contributed by atoms with van der Waals surface area (Å²) in [5.41, 5.74) is 0.768. The summed E-state index contributed by atoms with van der Waals surface area (Å²) in [6.45, 7) is 1.18. The molecular formula is C18H21ClN2O2S. The maximum Gasteiger partial charge on any atom is 0.238 e. The fourth-order valence-corrected chi connectivity index (χ4v) is 3.14. The third-order valence-corrected chi connectivity index (χ3v) is 4.59. The fourth-order valence-electron chi connectivity index (χ4n) is 2.05. The van der Waals surface area contributed by atoms with Crippen molar-refractivity contribution in [1.29, 1.82) is 0 Å². The van der Waals surface area contributed by atoms with Gasteiger partial charge in [0.15, 0.2) is 0 Å². The average molecular weight is 365 g/mol. The Labute approximate surface area is 152 Å². The van der Waals surface area contributed by atoms with Crippen molar-refractivity contribution in [2.24, 2.45) is 0 Å². The first-order valence-corrected chi connectivity index (χ1v) is 8.94. The van der Waals surface area contributed by atoms with Crippen molar-refractivity contribution >= 4 is 35.0 Å². The number of anilines is 1. The first-order chi connectivity index (χ1) is 11.6. The van der Waals surface area contributed by atoms with Gasteiger partial charge in [0.25, 0.3) is 0 Å². The van der Waals surface area contributed by atoms with Gasteiger partial charge >= 0.3 is 0 Å². The van der Waals surface area contributed by atoms with Crippen molar-refractivity contribution in [1.82, 2.24) is 4.90 Å². The van der Waals surface area contributed by atoms with E-state index in [0.29, 0.717) is 6.54 Å². The molecule has 4 nitrogen and oxygen atoms in total. The van der Waals surface area contributed by atoms with Crippen LogP contribution in [0.5, 0.6) is 5.75 Å². The molecule has 0 aliphatic carbocycles. The highest BCUT2D eigenvalue weighted by Gasteiger charge is 2.07. The molecule has 2 aromatic carbocycles. The SMILES string of the molecule is COc1ccc(NC(=O)CN(C)CCSc2ccc(Cl)cc2)cc1. The van der Waals surface area contributed by atoms with E-state index < -0.39 is 0 Å². The Morgan fingerprint density at radius 3 is 2.46 bits per heavy atom. The lowest BCUT2D eigenvalue weighted by Gasteiger charge is -2.16. The lowest BCUT2D eigenvalue weighted by molar-refractivity contribution is -0.117. The van der Waals surface area contributed by atoms with Crippen LogP contribution in [0.4, 0.5) is 5.69 Å². The van der Waals surface area contributed by atoms with Gasteiger partial charge in [-0.05, 0) is 55.6 Å². The van der Waals surface area contributed by atoms with Crippen molar-refractivity contribution in [2.45, 2.75) is 4.90 Å². The Morgan fingerprint density at radius 2 is 1.83 bits per heavy atom. The Balaban J connectivity index is 1.69. The van der Waals surface area contributed by atoms with Crippen LogP contribution < -0.4 is 10.1 Å². The fraction of sp³-hybridized carbons (Fsp3) is 0.278. The third-order valence-electron chi connectivity index (χ3n) is 3.34. The molecule has 1 amide bonds. The van der Waals surface area contributed by atoms with Gasteiger partial charge in [-0.25, -0.2) is 0 Å². The van der Waals surface area contributed by atoms with Gasteiger partial charge in [0.05, 0.1) is 13.7 Å². The van der Waals surface area contributed by atoms with E-state index in [-0.39, 0.29) is 5.91 Å². The largest absolute Gasteiger partial charge is 0.497 e. The highest BCUT2D eigenvalue weighted by Crippen LogP contribution is 2.20. The van der Waals surface area contributed by atoms with E-state index in [1.807, 2.05) is 60.5 Å². The summed E-state index contributed by atoms with van der Waals surface area (Å²) in [4.78, 5) is 15.2. The van der Waals surface area contributed by atoms with E-state index in [1.165, 1.54) is 4.90 Å². The maximum atomic E-state index is 12.0. The molecule has 0 aliphatic rings. The molecule has 0 aliphatic heterocycles. The number of methoxy groups -OCH3 is 1. The number of rotatable bonds is 8. The molecule has 1 N–H and O–H groups in total. The van der Waals surface area contributed by atoms with E-state index in [9.17, 15) is 4.79 Å². The van der Waals surface area contributed by atoms with Crippen LogP contribution in [0.2, 0.25) is 5.02 Å². The monoisotopic (exact) mass is 364 g/mol. The van der Waals surface area contributed by atoms with Crippen molar-refractivity contribution in [2.75, 3.05) is 38.3 Å². The minimum atomic E-state index is -0.0286. The molecule has 0 saturated heterocycles. The van der Waals surface area contributed by atoms with Crippen LogP contribution in [-0.2, 0) is 4.79 Å². The quantitative estimate of drug-likeness (QED) is 0.718. The number of nitrogens with one attached hydrogen (secondary N) is 1. The van der Waals surface area contributed by atoms with Crippen LogP contribution in [0, 0.1) is 0 Å². The Morgan fingerprint density at radius 1 is 1.17 bits per heavy atom. The van der Waals surface area contributed by atoms with Gasteiger partial charge in [0, 0.05) is 27.9 Å². The number of amides is 1. The third kappa shape index (κ3) is 6.43. The zero-order valence-corrected chi connectivity index (χ0v) is 15.4. The minimum absolute atomic E-state index is 0.0286. The predicted molar refractivity (Wildman–Crippen MR) is 101 cm³/mol. The topological polar surface area (TPSA) is 41.6 Å². The molecule has 0 atom stereocenters. The first-order valence-electron chi connectivity index (χ1n) is 7.57. The molecular weight excluding hydrogens is 344 g/mol. The number of benzene rings is 2. The van der Waals surface area contributed by atoms with Gasteiger partial charge in [-0.3, -0.25) is 9.69 Å². The zero-order valence-electron chi connectivity index (χ0n) is 13.8. The summed E-state index contributed by atoms with van der Waals surface area (Å²) >= 11 is 7.61. The molecule has 0 radical (unpaired) electrons. The van der Waals surface area contributed by atoms with E-state index in [2.05, 4.69) is 5.32 Å². The lowest BCUT2D eigenvalue weighted by atomic mass is 10.3. The second-order valence-corrected chi connectivity index (χ2v) is 6.92. The van der Waals surface area contributed by atoms with Crippen LogP contribution in [-0.4, -0.2) is 43.8 Å². The van der Waals surface area contributed by atoms with Crippen molar-refractivity contribution < 1.29 is 9.53 Å². The van der Waals surface area contributed by atoms with Crippen LogP contribution >= 0.6 is 23.4 Å². The summed E-state index contributed by atoms with van der Waals surface area (Å²) in [6.07, 6.45) is 0. The number of hydrogen-bond acceptors (Lipinski definition) is 4. The number of likely N-dealkylation sites (N-methyl/N-ethyl adjacent to an activating group) is 1. The number of hydrogen-bond donors (Lipinski definition) is 1. The first kappa shape index (κ1) is 18.6. The molecule has 128 valence electrons. The predicted octanol–water partition coefficient (Wildman–Crippen LogP) is 4.01. The van der Waals surface area contributed by atoms with Crippen LogP contribution in [0.25, 0.3) is 0 Å². The summed E-state index contributed by atoms with van der Waals surface area (Å²) in [7, 11) is 3.56. The van der Waals surface area contributed by atoms with Crippen LogP contribution in [0.15, 0.2) is 53.4 Å². The number of thioether (sulfide) groups is 1. The zero-order chi connectivity index (χ0) is 17.4. The molecule has 0 spiro atoms. The summed E-state index contributed by atoms with van der Waals surface area (Å²) in [6, 6.07) is 15.1. The van der Waals surface area contributed by atoms with Crippen LogP contribution in [0.3, 0.4) is 0 Å². The van der Waals surface area contributed by atoms with E-state index in [4.69, 9.17) is 16.3 Å². The molecule has 0 saturated carbocycles. The van der Waals surface area contributed by atoms with Crippen LogP contribution in [0.1, 0.15) is 0 Å². The maximum absolute atomic E-state index is 12.0. The molecule has 6 heteroatoms. The molecule has 2 rings (SSSR count). The molecule has 0 bridgehead atoms. The average Bonchev–Trinajstić information content (AvgIpc) is 2.57. The van der Waals surface area contributed by atoms with E-state index in [0.717, 1.165) is 28.8 Å². The Hall–Kier alpha value is -1.69. The molecule has 0 fully saturated rings. The number of ether oxygens (including phenoxy) is 1. The minimum Gasteiger partial charge on any atom is -0.497 e. The summed E-state index contributed by atoms with van der Waals surface area (Å²) < 4.78 is 5.10. The number of carbonyl (C=O) groups is 1. The van der Waals surface area contributed by atoms with Gasteiger partial charge < -0.3 is 10.1 Å². The number of carbonyl (C=O) groups excluding carboxylic acids is 1. The molecule has 24 heavy (non-hydrogen) atoms. The van der Waals surface area contributed by atoms with E-state index in [1.54, 1.807) is 18.9 Å².